The van der Waals surface area contributed by atoms with Crippen LogP contribution in [-0.4, -0.2) is 26.2 Å². The molecule has 5 nitrogen and oxygen atoms in total. The van der Waals surface area contributed by atoms with Crippen LogP contribution in [0.4, 0.5) is 11.4 Å². The van der Waals surface area contributed by atoms with Crippen LogP contribution < -0.4 is 15.8 Å². The van der Waals surface area contributed by atoms with E-state index in [9.17, 15) is 4.79 Å². The van der Waals surface area contributed by atoms with Gasteiger partial charge in [0.2, 0.25) is 5.91 Å². The average molecular weight is 300 g/mol. The molecular formula is C17H20N2O3. The topological polar surface area (TPSA) is 73.6 Å². The summed E-state index contributed by atoms with van der Waals surface area (Å²) in [7, 11) is 1.62. The van der Waals surface area contributed by atoms with Crippen molar-refractivity contribution >= 4 is 17.3 Å². The van der Waals surface area contributed by atoms with E-state index in [4.69, 9.17) is 15.2 Å². The van der Waals surface area contributed by atoms with E-state index >= 15 is 0 Å². The summed E-state index contributed by atoms with van der Waals surface area (Å²) >= 11 is 0. The van der Waals surface area contributed by atoms with Gasteiger partial charge in [-0.3, -0.25) is 4.79 Å². The molecule has 0 saturated heterocycles. The van der Waals surface area contributed by atoms with Crippen LogP contribution in [-0.2, 0) is 16.0 Å². The highest BCUT2D eigenvalue weighted by atomic mass is 16.5. The lowest BCUT2D eigenvalue weighted by Crippen LogP contribution is -2.14. The molecular weight excluding hydrogens is 280 g/mol. The third-order valence-electron chi connectivity index (χ3n) is 3.02. The lowest BCUT2D eigenvalue weighted by molar-refractivity contribution is -0.115. The number of nitrogens with one attached hydrogen (secondary N) is 1. The van der Waals surface area contributed by atoms with Gasteiger partial charge >= 0.3 is 0 Å². The Kier molecular flexibility index (Phi) is 5.80. The molecule has 5 heteroatoms. The summed E-state index contributed by atoms with van der Waals surface area (Å²) in [6.45, 7) is 0.993. The molecule has 0 aliphatic rings. The first-order valence-electron chi connectivity index (χ1n) is 7.03. The number of methoxy groups -OCH3 is 1. The standard InChI is InChI=1S/C17H20N2O3/c1-21-9-10-22-16-4-2-3-15(12-16)19-17(20)11-13-5-7-14(18)8-6-13/h2-8,12H,9-11,18H2,1H3,(H,19,20). The molecule has 0 fully saturated rings. The number of nitrogen functional groups attached to an aromatic ring is 1. The first-order valence-corrected chi connectivity index (χ1v) is 7.03. The molecule has 116 valence electrons. The average Bonchev–Trinajstić information content (AvgIpc) is 2.50. The summed E-state index contributed by atoms with van der Waals surface area (Å²) in [5.74, 6) is 0.612. The summed E-state index contributed by atoms with van der Waals surface area (Å²) in [4.78, 5) is 12.0. The number of ether oxygens (including phenoxy) is 2. The number of rotatable bonds is 7. The first-order chi connectivity index (χ1) is 10.7. The minimum atomic E-state index is -0.0844. The van der Waals surface area contributed by atoms with Crippen LogP contribution in [0.5, 0.6) is 5.75 Å². The Hall–Kier alpha value is -2.53. The molecule has 0 heterocycles. The van der Waals surface area contributed by atoms with Gasteiger partial charge in [-0.1, -0.05) is 18.2 Å². The Morgan fingerprint density at radius 2 is 1.91 bits per heavy atom. The van der Waals surface area contributed by atoms with Crippen LogP contribution >= 0.6 is 0 Å². The molecule has 2 rings (SSSR count). The Morgan fingerprint density at radius 1 is 1.14 bits per heavy atom. The largest absolute Gasteiger partial charge is 0.491 e. The van der Waals surface area contributed by atoms with E-state index in [1.807, 2.05) is 30.3 Å². The monoisotopic (exact) mass is 300 g/mol. The smallest absolute Gasteiger partial charge is 0.228 e. The van der Waals surface area contributed by atoms with E-state index in [0.29, 0.717) is 36.8 Å². The molecule has 22 heavy (non-hydrogen) atoms. The van der Waals surface area contributed by atoms with Gasteiger partial charge in [-0.05, 0) is 29.8 Å². The van der Waals surface area contributed by atoms with E-state index in [2.05, 4.69) is 5.32 Å². The van der Waals surface area contributed by atoms with Crippen molar-refractivity contribution in [3.05, 3.63) is 54.1 Å². The van der Waals surface area contributed by atoms with Crippen LogP contribution in [0.3, 0.4) is 0 Å². The number of anilines is 2. The summed E-state index contributed by atoms with van der Waals surface area (Å²) in [6.07, 6.45) is 0.301. The third-order valence-corrected chi connectivity index (χ3v) is 3.02. The molecule has 0 saturated carbocycles. The molecule has 2 aromatic carbocycles. The molecule has 0 unspecified atom stereocenters. The summed E-state index contributed by atoms with van der Waals surface area (Å²) in [6, 6.07) is 14.5. The Morgan fingerprint density at radius 3 is 2.64 bits per heavy atom. The zero-order chi connectivity index (χ0) is 15.8. The number of hydrogen-bond acceptors (Lipinski definition) is 4. The molecule has 1 amide bonds. The van der Waals surface area contributed by atoms with Crippen molar-refractivity contribution in [2.75, 3.05) is 31.4 Å². The molecule has 0 spiro atoms. The minimum absolute atomic E-state index is 0.0844. The molecule has 0 aliphatic heterocycles. The van der Waals surface area contributed by atoms with Crippen LogP contribution in [0, 0.1) is 0 Å². The second-order valence-electron chi connectivity index (χ2n) is 4.84. The molecule has 0 bridgehead atoms. The lowest BCUT2D eigenvalue weighted by atomic mass is 10.1. The summed E-state index contributed by atoms with van der Waals surface area (Å²) < 4.78 is 10.4. The minimum Gasteiger partial charge on any atom is -0.491 e. The predicted molar refractivity (Wildman–Crippen MR) is 87.0 cm³/mol. The van der Waals surface area contributed by atoms with Crippen LogP contribution in [0.15, 0.2) is 48.5 Å². The third kappa shape index (κ3) is 5.10. The maximum absolute atomic E-state index is 12.0. The quantitative estimate of drug-likeness (QED) is 0.608. The van der Waals surface area contributed by atoms with Gasteiger partial charge < -0.3 is 20.5 Å². The number of hydrogen-bond donors (Lipinski definition) is 2. The van der Waals surface area contributed by atoms with Gasteiger partial charge in [0.15, 0.2) is 0 Å². The second kappa shape index (κ2) is 8.05. The van der Waals surface area contributed by atoms with Gasteiger partial charge in [-0.25, -0.2) is 0 Å². The number of nitrogens with two attached hydrogens (primary N) is 1. The van der Waals surface area contributed by atoms with Gasteiger partial charge in [0.1, 0.15) is 12.4 Å². The van der Waals surface area contributed by atoms with Crippen LogP contribution in [0.25, 0.3) is 0 Å². The molecule has 0 atom stereocenters. The van der Waals surface area contributed by atoms with Gasteiger partial charge in [-0.15, -0.1) is 0 Å². The van der Waals surface area contributed by atoms with Crippen molar-refractivity contribution in [3.8, 4) is 5.75 Å². The van der Waals surface area contributed by atoms with Gasteiger partial charge in [0.05, 0.1) is 13.0 Å². The van der Waals surface area contributed by atoms with Gasteiger partial charge in [0.25, 0.3) is 0 Å². The second-order valence-corrected chi connectivity index (χ2v) is 4.84. The zero-order valence-corrected chi connectivity index (χ0v) is 12.5. The van der Waals surface area contributed by atoms with Crippen molar-refractivity contribution < 1.29 is 14.3 Å². The summed E-state index contributed by atoms with van der Waals surface area (Å²) in [5, 5.41) is 2.85. The Balaban J connectivity index is 1.90. The number of amides is 1. The predicted octanol–water partition coefficient (Wildman–Crippen LogP) is 2.48. The van der Waals surface area contributed by atoms with E-state index in [1.54, 1.807) is 25.3 Å². The zero-order valence-electron chi connectivity index (χ0n) is 12.5. The highest BCUT2D eigenvalue weighted by Gasteiger charge is 2.05. The molecule has 3 N–H and O–H groups in total. The normalized spacial score (nSPS) is 10.2. The lowest BCUT2D eigenvalue weighted by Gasteiger charge is -2.09. The number of benzene rings is 2. The fourth-order valence-electron chi connectivity index (χ4n) is 1.93. The number of carbonyl (C=O) groups excluding carboxylic acids is 1. The van der Waals surface area contributed by atoms with Crippen LogP contribution in [0.1, 0.15) is 5.56 Å². The molecule has 0 aliphatic carbocycles. The Labute approximate surface area is 130 Å². The van der Waals surface area contributed by atoms with Gasteiger partial charge in [-0.2, -0.15) is 0 Å². The van der Waals surface area contributed by atoms with Crippen molar-refractivity contribution in [2.45, 2.75) is 6.42 Å². The van der Waals surface area contributed by atoms with E-state index < -0.39 is 0 Å². The van der Waals surface area contributed by atoms with E-state index in [1.165, 1.54) is 0 Å². The highest BCUT2D eigenvalue weighted by Crippen LogP contribution is 2.17. The van der Waals surface area contributed by atoms with Crippen molar-refractivity contribution in [3.63, 3.8) is 0 Å². The maximum atomic E-state index is 12.0. The summed E-state index contributed by atoms with van der Waals surface area (Å²) in [5.41, 5.74) is 7.93. The Bertz CT molecular complexity index is 612. The van der Waals surface area contributed by atoms with Gasteiger partial charge in [0, 0.05) is 24.6 Å². The SMILES string of the molecule is COCCOc1cccc(NC(=O)Cc2ccc(N)cc2)c1. The van der Waals surface area contributed by atoms with Crippen molar-refractivity contribution in [1.82, 2.24) is 0 Å². The number of carbonyl (C=O) groups is 1. The fraction of sp³-hybridized carbons (Fsp3) is 0.235. The van der Waals surface area contributed by atoms with Crippen molar-refractivity contribution in [1.29, 1.82) is 0 Å². The molecule has 0 aromatic heterocycles. The van der Waals surface area contributed by atoms with Crippen LogP contribution in [0.2, 0.25) is 0 Å². The highest BCUT2D eigenvalue weighted by molar-refractivity contribution is 5.92. The van der Waals surface area contributed by atoms with E-state index in [-0.39, 0.29) is 5.91 Å². The molecule has 0 radical (unpaired) electrons. The first kappa shape index (κ1) is 15.9. The van der Waals surface area contributed by atoms with E-state index in [0.717, 1.165) is 5.56 Å². The molecule has 2 aromatic rings. The maximum Gasteiger partial charge on any atom is 0.228 e. The van der Waals surface area contributed by atoms with Crippen molar-refractivity contribution in [2.24, 2.45) is 0 Å². The fourth-order valence-corrected chi connectivity index (χ4v) is 1.93.